The van der Waals surface area contributed by atoms with E-state index in [1.807, 2.05) is 19.1 Å². The van der Waals surface area contributed by atoms with Crippen LogP contribution in [0.2, 0.25) is 5.02 Å². The Bertz CT molecular complexity index is 1100. The van der Waals surface area contributed by atoms with Crippen LogP contribution in [-0.4, -0.2) is 15.7 Å². The zero-order valence-electron chi connectivity index (χ0n) is 13.9. The van der Waals surface area contributed by atoms with Gasteiger partial charge in [-0.1, -0.05) is 29.3 Å². The Hall–Kier alpha value is -3.19. The molecule has 2 N–H and O–H groups in total. The summed E-state index contributed by atoms with van der Waals surface area (Å²) in [5, 5.41) is 14.3. The maximum Gasteiger partial charge on any atom is 0.294 e. The lowest BCUT2D eigenvalue weighted by Gasteiger charge is -2.12. The molecule has 0 amide bonds. The van der Waals surface area contributed by atoms with E-state index in [1.165, 1.54) is 13.0 Å². The number of nitro groups is 1. The minimum absolute atomic E-state index is 0.00371. The fraction of sp³-hybridized carbons (Fsp3) is 0.111. The van der Waals surface area contributed by atoms with Crippen LogP contribution in [-0.2, 0) is 0 Å². The number of rotatable bonds is 4. The predicted molar refractivity (Wildman–Crippen MR) is 101 cm³/mol. The van der Waals surface area contributed by atoms with Crippen molar-refractivity contribution in [3.63, 3.8) is 0 Å². The first-order valence-electron chi connectivity index (χ1n) is 7.66. The number of carbonyl (C=O) groups is 1. The molecular formula is C18H14ClN3O4. The number of hydrogen-bond acceptors (Lipinski definition) is 5. The van der Waals surface area contributed by atoms with Crippen molar-refractivity contribution in [2.24, 2.45) is 0 Å². The molecule has 0 fully saturated rings. The van der Waals surface area contributed by atoms with Crippen molar-refractivity contribution in [2.75, 3.05) is 5.32 Å². The number of aromatic nitrogens is 1. The van der Waals surface area contributed by atoms with Gasteiger partial charge in [-0.3, -0.25) is 19.7 Å². The van der Waals surface area contributed by atoms with E-state index in [2.05, 4.69) is 10.3 Å². The molecule has 0 unspecified atom stereocenters. The molecule has 0 bridgehead atoms. The number of nitro benzene ring substituents is 1. The van der Waals surface area contributed by atoms with E-state index < -0.39 is 16.1 Å². The molecule has 0 aliphatic carbocycles. The number of non-ortho nitro benzene ring substituents is 1. The zero-order chi connectivity index (χ0) is 19.0. The van der Waals surface area contributed by atoms with Crippen molar-refractivity contribution in [3.8, 4) is 0 Å². The van der Waals surface area contributed by atoms with E-state index in [0.29, 0.717) is 5.69 Å². The van der Waals surface area contributed by atoms with Crippen LogP contribution < -0.4 is 10.7 Å². The summed E-state index contributed by atoms with van der Waals surface area (Å²) in [6, 6.07) is 9.73. The molecule has 3 aromatic rings. The summed E-state index contributed by atoms with van der Waals surface area (Å²) in [5.74, 6) is -0.366. The second kappa shape index (κ2) is 6.61. The molecule has 1 heterocycles. The predicted octanol–water partition coefficient (Wildman–Crippen LogP) is 4.34. The van der Waals surface area contributed by atoms with Gasteiger partial charge in [0.2, 0.25) is 5.43 Å². The normalized spacial score (nSPS) is 10.7. The van der Waals surface area contributed by atoms with Gasteiger partial charge < -0.3 is 10.3 Å². The zero-order valence-corrected chi connectivity index (χ0v) is 14.7. The molecule has 3 rings (SSSR count). The summed E-state index contributed by atoms with van der Waals surface area (Å²) in [6.45, 7) is 3.19. The van der Waals surface area contributed by atoms with E-state index in [1.54, 1.807) is 12.1 Å². The summed E-state index contributed by atoms with van der Waals surface area (Å²) in [6.07, 6.45) is 0. The number of aromatic amines is 1. The van der Waals surface area contributed by atoms with E-state index >= 15 is 0 Å². The Morgan fingerprint density at radius 3 is 2.46 bits per heavy atom. The number of halogens is 1. The Kier molecular flexibility index (Phi) is 4.48. The number of ketones is 1. The van der Waals surface area contributed by atoms with E-state index in [9.17, 15) is 19.7 Å². The molecule has 2 aromatic carbocycles. The van der Waals surface area contributed by atoms with Gasteiger partial charge in [-0.15, -0.1) is 0 Å². The highest BCUT2D eigenvalue weighted by Gasteiger charge is 2.22. The smallest absolute Gasteiger partial charge is 0.294 e. The van der Waals surface area contributed by atoms with Gasteiger partial charge in [0.1, 0.15) is 16.9 Å². The van der Waals surface area contributed by atoms with Gasteiger partial charge in [0.05, 0.1) is 10.3 Å². The highest BCUT2D eigenvalue weighted by molar-refractivity contribution is 6.31. The van der Waals surface area contributed by atoms with E-state index in [-0.39, 0.29) is 33.0 Å². The Morgan fingerprint density at radius 1 is 1.23 bits per heavy atom. The molecule has 1 aromatic heterocycles. The summed E-state index contributed by atoms with van der Waals surface area (Å²) in [5.41, 5.74) is 0.598. The van der Waals surface area contributed by atoms with E-state index in [4.69, 9.17) is 11.6 Å². The van der Waals surface area contributed by atoms with Gasteiger partial charge in [0, 0.05) is 16.8 Å². The average molecular weight is 372 g/mol. The third kappa shape index (κ3) is 3.16. The molecule has 26 heavy (non-hydrogen) atoms. The molecule has 0 saturated heterocycles. The number of fused-ring (bicyclic) bond motifs is 1. The van der Waals surface area contributed by atoms with Gasteiger partial charge >= 0.3 is 0 Å². The van der Waals surface area contributed by atoms with Crippen molar-refractivity contribution in [3.05, 3.63) is 72.9 Å². The lowest BCUT2D eigenvalue weighted by molar-refractivity contribution is -0.383. The average Bonchev–Trinajstić information content (AvgIpc) is 2.56. The maximum absolute atomic E-state index is 12.8. The molecule has 0 aliphatic heterocycles. The molecule has 0 aliphatic rings. The van der Waals surface area contributed by atoms with Crippen LogP contribution >= 0.6 is 11.6 Å². The second-order valence-electron chi connectivity index (χ2n) is 5.86. The van der Waals surface area contributed by atoms with Crippen molar-refractivity contribution in [1.29, 1.82) is 0 Å². The number of nitrogens with zero attached hydrogens (tertiary/aromatic N) is 1. The minimum Gasteiger partial charge on any atom is -0.341 e. The largest absolute Gasteiger partial charge is 0.341 e. The molecule has 0 radical (unpaired) electrons. The van der Waals surface area contributed by atoms with E-state index in [0.717, 1.165) is 11.6 Å². The fourth-order valence-corrected chi connectivity index (χ4v) is 2.91. The van der Waals surface area contributed by atoms with Gasteiger partial charge in [0.25, 0.3) is 5.69 Å². The van der Waals surface area contributed by atoms with Gasteiger partial charge in [-0.2, -0.15) is 0 Å². The summed E-state index contributed by atoms with van der Waals surface area (Å²) in [4.78, 5) is 38.4. The van der Waals surface area contributed by atoms with Crippen LogP contribution in [0.15, 0.2) is 41.2 Å². The third-order valence-electron chi connectivity index (χ3n) is 3.92. The third-order valence-corrected chi connectivity index (χ3v) is 4.14. The molecule has 132 valence electrons. The Morgan fingerprint density at radius 2 is 1.88 bits per heavy atom. The highest BCUT2D eigenvalue weighted by atomic mass is 35.5. The van der Waals surface area contributed by atoms with Crippen molar-refractivity contribution in [2.45, 2.75) is 13.8 Å². The SMILES string of the molecule is CC(=O)c1c(Nc2ccc(C)cc2)[nH]c2c([N+](=O)[O-])cc(Cl)cc2c1=O. The number of benzene rings is 2. The molecule has 8 heteroatoms. The number of hydrogen-bond donors (Lipinski definition) is 2. The second-order valence-corrected chi connectivity index (χ2v) is 6.29. The first-order valence-corrected chi connectivity index (χ1v) is 8.04. The van der Waals surface area contributed by atoms with Crippen LogP contribution in [0.1, 0.15) is 22.8 Å². The number of aryl methyl sites for hydroxylation is 1. The van der Waals surface area contributed by atoms with Crippen molar-refractivity contribution in [1.82, 2.24) is 4.98 Å². The van der Waals surface area contributed by atoms with Crippen LogP contribution in [0, 0.1) is 17.0 Å². The number of pyridine rings is 1. The number of nitrogens with one attached hydrogen (secondary N) is 2. The molecule has 7 nitrogen and oxygen atoms in total. The highest BCUT2D eigenvalue weighted by Crippen LogP contribution is 2.29. The lowest BCUT2D eigenvalue weighted by atomic mass is 10.1. The summed E-state index contributed by atoms with van der Waals surface area (Å²) >= 11 is 5.90. The Labute approximate surface area is 152 Å². The topological polar surface area (TPSA) is 105 Å². The molecule has 0 spiro atoms. The fourth-order valence-electron chi connectivity index (χ4n) is 2.69. The standard InChI is InChI=1S/C18H14ClN3O4/c1-9-3-5-12(6-4-9)20-18-15(10(2)23)17(24)13-7-11(19)8-14(22(25)26)16(13)21-18/h3-8H,1-2H3,(H2,20,21,24). The van der Waals surface area contributed by atoms with Crippen LogP contribution in [0.4, 0.5) is 17.2 Å². The first-order chi connectivity index (χ1) is 12.3. The molecule has 0 saturated carbocycles. The Balaban J connectivity index is 2.32. The monoisotopic (exact) mass is 371 g/mol. The van der Waals surface area contributed by atoms with Crippen molar-refractivity contribution >= 4 is 45.5 Å². The van der Waals surface area contributed by atoms with Crippen LogP contribution in [0.25, 0.3) is 10.9 Å². The van der Waals surface area contributed by atoms with Gasteiger partial charge in [-0.05, 0) is 32.0 Å². The van der Waals surface area contributed by atoms with Gasteiger partial charge in [-0.25, -0.2) is 0 Å². The first kappa shape index (κ1) is 17.6. The minimum atomic E-state index is -0.632. The molecular weight excluding hydrogens is 358 g/mol. The maximum atomic E-state index is 12.8. The molecule has 0 atom stereocenters. The van der Waals surface area contributed by atoms with Crippen LogP contribution in [0.5, 0.6) is 0 Å². The quantitative estimate of drug-likeness (QED) is 0.403. The summed E-state index contributed by atoms with van der Waals surface area (Å²) in [7, 11) is 0. The number of Topliss-reactive ketones (excluding diaryl/α,β-unsaturated/α-hetero) is 1. The summed E-state index contributed by atoms with van der Waals surface area (Å²) < 4.78 is 0. The lowest BCUT2D eigenvalue weighted by Crippen LogP contribution is -2.18. The van der Waals surface area contributed by atoms with Crippen molar-refractivity contribution < 1.29 is 9.72 Å². The number of H-pyrrole nitrogens is 1. The van der Waals surface area contributed by atoms with Gasteiger partial charge in [0.15, 0.2) is 5.78 Å². The number of carbonyl (C=O) groups excluding carboxylic acids is 1. The van der Waals surface area contributed by atoms with Crippen LogP contribution in [0.3, 0.4) is 0 Å². The number of anilines is 2.